The predicted molar refractivity (Wildman–Crippen MR) is 74.5 cm³/mol. The molecule has 0 aliphatic carbocycles. The molecule has 0 aliphatic rings. The lowest BCUT2D eigenvalue weighted by Crippen LogP contribution is -2.22. The highest BCUT2D eigenvalue weighted by Gasteiger charge is 2.12. The smallest absolute Gasteiger partial charge is 0.120 e. The van der Waals surface area contributed by atoms with Gasteiger partial charge in [0.25, 0.3) is 0 Å². The first kappa shape index (κ1) is 12.0. The van der Waals surface area contributed by atoms with Crippen LogP contribution >= 0.6 is 11.3 Å². The quantitative estimate of drug-likeness (QED) is 0.864. The lowest BCUT2D eigenvalue weighted by atomic mass is 10.1. The van der Waals surface area contributed by atoms with E-state index in [-0.39, 0.29) is 5.60 Å². The maximum atomic E-state index is 5.84. The van der Waals surface area contributed by atoms with Crippen LogP contribution in [0.25, 0.3) is 11.1 Å². The molecule has 0 atom stereocenters. The number of hydrogen-bond acceptors (Lipinski definition) is 3. The average molecular weight is 247 g/mol. The third kappa shape index (κ3) is 3.24. The van der Waals surface area contributed by atoms with E-state index in [2.05, 4.69) is 11.4 Å². The van der Waals surface area contributed by atoms with Gasteiger partial charge in [-0.2, -0.15) is 0 Å². The number of anilines is 1. The minimum Gasteiger partial charge on any atom is -0.488 e. The van der Waals surface area contributed by atoms with Crippen molar-refractivity contribution in [2.75, 3.05) is 5.73 Å². The number of nitrogens with two attached hydrogens (primary N) is 1. The number of nitrogen functional groups attached to an aromatic ring is 1. The molecule has 0 bridgehead atoms. The van der Waals surface area contributed by atoms with E-state index >= 15 is 0 Å². The fourth-order valence-corrected chi connectivity index (χ4v) is 2.26. The Bertz CT molecular complexity index is 511. The summed E-state index contributed by atoms with van der Waals surface area (Å²) in [5.41, 5.74) is 7.85. The first-order chi connectivity index (χ1) is 7.94. The van der Waals surface area contributed by atoms with Crippen LogP contribution in [-0.2, 0) is 0 Å². The van der Waals surface area contributed by atoms with Crippen molar-refractivity contribution in [3.8, 4) is 16.9 Å². The van der Waals surface area contributed by atoms with Gasteiger partial charge in [-0.25, -0.2) is 0 Å². The summed E-state index contributed by atoms with van der Waals surface area (Å²) in [5, 5.41) is 2.90. The Balaban J connectivity index is 2.29. The first-order valence-corrected chi connectivity index (χ1v) is 6.45. The van der Waals surface area contributed by atoms with Crippen molar-refractivity contribution in [2.24, 2.45) is 0 Å². The minimum atomic E-state index is -0.174. The Morgan fingerprint density at radius 2 is 1.88 bits per heavy atom. The van der Waals surface area contributed by atoms with Crippen LogP contribution in [0.1, 0.15) is 20.8 Å². The normalized spacial score (nSPS) is 11.5. The van der Waals surface area contributed by atoms with Crippen molar-refractivity contribution in [1.29, 1.82) is 0 Å². The summed E-state index contributed by atoms with van der Waals surface area (Å²) >= 11 is 1.56. The first-order valence-electron chi connectivity index (χ1n) is 5.57. The van der Waals surface area contributed by atoms with E-state index in [1.54, 1.807) is 11.3 Å². The van der Waals surface area contributed by atoms with Gasteiger partial charge < -0.3 is 10.5 Å². The maximum Gasteiger partial charge on any atom is 0.120 e. The molecule has 2 nitrogen and oxygen atoms in total. The molecule has 0 unspecified atom stereocenters. The molecule has 0 spiro atoms. The highest BCUT2D eigenvalue weighted by molar-refractivity contribution is 7.14. The molecule has 3 heteroatoms. The molecule has 0 saturated carbocycles. The van der Waals surface area contributed by atoms with Crippen LogP contribution in [0.4, 0.5) is 5.00 Å². The summed E-state index contributed by atoms with van der Waals surface area (Å²) in [6, 6.07) is 10.1. The van der Waals surface area contributed by atoms with Crippen molar-refractivity contribution >= 4 is 16.3 Å². The summed E-state index contributed by atoms with van der Waals surface area (Å²) in [7, 11) is 0. The molecule has 17 heavy (non-hydrogen) atoms. The van der Waals surface area contributed by atoms with E-state index in [0.29, 0.717) is 0 Å². The zero-order valence-electron chi connectivity index (χ0n) is 10.4. The van der Waals surface area contributed by atoms with Crippen molar-refractivity contribution in [3.63, 3.8) is 0 Å². The van der Waals surface area contributed by atoms with Gasteiger partial charge in [0, 0.05) is 5.38 Å². The fraction of sp³-hybridized carbons (Fsp3) is 0.286. The lowest BCUT2D eigenvalue weighted by Gasteiger charge is -2.21. The third-order valence-electron chi connectivity index (χ3n) is 2.21. The summed E-state index contributed by atoms with van der Waals surface area (Å²) in [6.45, 7) is 6.13. The zero-order valence-corrected chi connectivity index (χ0v) is 11.2. The van der Waals surface area contributed by atoms with Gasteiger partial charge in [0.1, 0.15) is 11.4 Å². The molecule has 90 valence electrons. The topological polar surface area (TPSA) is 35.2 Å². The van der Waals surface area contributed by atoms with Gasteiger partial charge in [0.2, 0.25) is 0 Å². The standard InChI is InChI=1S/C14H17NOS/c1-14(2,3)16-12-6-4-5-10(7-12)11-8-13(15)17-9-11/h4-9H,15H2,1-3H3. The summed E-state index contributed by atoms with van der Waals surface area (Å²) in [5.74, 6) is 0.889. The van der Waals surface area contributed by atoms with Crippen LogP contribution in [0.15, 0.2) is 35.7 Å². The van der Waals surface area contributed by atoms with Gasteiger partial charge >= 0.3 is 0 Å². The van der Waals surface area contributed by atoms with Gasteiger partial charge in [-0.3, -0.25) is 0 Å². The summed E-state index contributed by atoms with van der Waals surface area (Å²) in [6.07, 6.45) is 0. The van der Waals surface area contributed by atoms with Crippen LogP contribution in [0, 0.1) is 0 Å². The maximum absolute atomic E-state index is 5.84. The minimum absolute atomic E-state index is 0.174. The molecule has 0 saturated heterocycles. The molecule has 0 radical (unpaired) electrons. The Kier molecular flexibility index (Phi) is 3.11. The SMILES string of the molecule is CC(C)(C)Oc1cccc(-c2csc(N)c2)c1. The Morgan fingerprint density at radius 1 is 1.12 bits per heavy atom. The molecular weight excluding hydrogens is 230 g/mol. The second kappa shape index (κ2) is 4.41. The Hall–Kier alpha value is -1.48. The fourth-order valence-electron chi connectivity index (χ4n) is 1.60. The second-order valence-electron chi connectivity index (χ2n) is 4.98. The van der Waals surface area contributed by atoms with Gasteiger partial charge in [0.15, 0.2) is 0 Å². The molecule has 2 N–H and O–H groups in total. The molecular formula is C14H17NOS. The summed E-state index contributed by atoms with van der Waals surface area (Å²) < 4.78 is 5.84. The van der Waals surface area contributed by atoms with Gasteiger partial charge in [-0.15, -0.1) is 11.3 Å². The number of hydrogen-bond donors (Lipinski definition) is 1. The molecule has 1 aromatic carbocycles. The zero-order chi connectivity index (χ0) is 12.5. The van der Waals surface area contributed by atoms with Crippen molar-refractivity contribution < 1.29 is 4.74 Å². The van der Waals surface area contributed by atoms with Crippen LogP contribution in [0.2, 0.25) is 0 Å². The number of thiophene rings is 1. The highest BCUT2D eigenvalue weighted by Crippen LogP contribution is 2.30. The van der Waals surface area contributed by atoms with Crippen molar-refractivity contribution in [3.05, 3.63) is 35.7 Å². The Labute approximate surface area is 106 Å². The van der Waals surface area contributed by atoms with Crippen molar-refractivity contribution in [1.82, 2.24) is 0 Å². The third-order valence-corrected chi connectivity index (χ3v) is 2.97. The molecule has 1 heterocycles. The van der Waals surface area contributed by atoms with Crippen LogP contribution in [0.5, 0.6) is 5.75 Å². The average Bonchev–Trinajstić information content (AvgIpc) is 2.63. The lowest BCUT2D eigenvalue weighted by molar-refractivity contribution is 0.131. The second-order valence-corrected chi connectivity index (χ2v) is 5.92. The largest absolute Gasteiger partial charge is 0.488 e. The molecule has 0 fully saturated rings. The molecule has 0 aliphatic heterocycles. The molecule has 0 amide bonds. The molecule has 2 rings (SSSR count). The van der Waals surface area contributed by atoms with E-state index < -0.39 is 0 Å². The van der Waals surface area contributed by atoms with E-state index in [1.807, 2.05) is 45.0 Å². The van der Waals surface area contributed by atoms with E-state index in [9.17, 15) is 0 Å². The van der Waals surface area contributed by atoms with Gasteiger partial charge in [0.05, 0.1) is 5.00 Å². The Morgan fingerprint density at radius 3 is 2.47 bits per heavy atom. The predicted octanol–water partition coefficient (Wildman–Crippen LogP) is 4.17. The monoisotopic (exact) mass is 247 g/mol. The number of ether oxygens (including phenoxy) is 1. The van der Waals surface area contributed by atoms with Crippen LogP contribution in [-0.4, -0.2) is 5.60 Å². The summed E-state index contributed by atoms with van der Waals surface area (Å²) in [4.78, 5) is 0. The number of rotatable bonds is 2. The van der Waals surface area contributed by atoms with E-state index in [4.69, 9.17) is 10.5 Å². The van der Waals surface area contributed by atoms with Crippen molar-refractivity contribution in [2.45, 2.75) is 26.4 Å². The van der Waals surface area contributed by atoms with Gasteiger partial charge in [-0.1, -0.05) is 12.1 Å². The van der Waals surface area contributed by atoms with Gasteiger partial charge in [-0.05, 0) is 50.1 Å². The van der Waals surface area contributed by atoms with Crippen LogP contribution in [0.3, 0.4) is 0 Å². The number of benzene rings is 1. The van der Waals surface area contributed by atoms with E-state index in [1.165, 1.54) is 0 Å². The molecule has 1 aromatic heterocycles. The highest BCUT2D eigenvalue weighted by atomic mass is 32.1. The van der Waals surface area contributed by atoms with E-state index in [0.717, 1.165) is 21.9 Å². The van der Waals surface area contributed by atoms with Crippen LogP contribution < -0.4 is 10.5 Å². The molecule has 2 aromatic rings.